The van der Waals surface area contributed by atoms with Crippen LogP contribution in [0.3, 0.4) is 0 Å². The van der Waals surface area contributed by atoms with Crippen LogP contribution in [0.4, 0.5) is 0 Å². The fourth-order valence-electron chi connectivity index (χ4n) is 4.21. The Hall–Kier alpha value is -1.93. The zero-order valence-corrected chi connectivity index (χ0v) is 15.7. The van der Waals surface area contributed by atoms with Gasteiger partial charge in [0.05, 0.1) is 23.2 Å². The van der Waals surface area contributed by atoms with E-state index in [0.717, 1.165) is 24.4 Å². The number of likely N-dealkylation sites (N-methyl/N-ethyl adjacent to an activating group) is 1. The average molecular weight is 376 g/mol. The number of hydrogen-bond acceptors (Lipinski definition) is 5. The zero-order valence-electron chi connectivity index (χ0n) is 14.9. The number of fused-ring (bicyclic) bond motifs is 2. The highest BCUT2D eigenvalue weighted by molar-refractivity contribution is 7.91. The van der Waals surface area contributed by atoms with Crippen LogP contribution in [-0.2, 0) is 21.1 Å². The van der Waals surface area contributed by atoms with Gasteiger partial charge < -0.3 is 9.30 Å². The number of rotatable bonds is 4. The third-order valence-electron chi connectivity index (χ3n) is 5.53. The summed E-state index contributed by atoms with van der Waals surface area (Å²) >= 11 is 0. The number of aromatic nitrogens is 2. The van der Waals surface area contributed by atoms with Crippen LogP contribution < -0.4 is 0 Å². The summed E-state index contributed by atoms with van der Waals surface area (Å²) in [7, 11) is -3.07. The van der Waals surface area contributed by atoms with E-state index < -0.39 is 9.84 Å². The van der Waals surface area contributed by atoms with Gasteiger partial charge in [0.2, 0.25) is 5.91 Å². The molecule has 0 spiro atoms. The summed E-state index contributed by atoms with van der Waals surface area (Å²) in [4.78, 5) is 21.3. The Bertz CT molecular complexity index is 890. The predicted octanol–water partition coefficient (Wildman–Crippen LogP) is 0.597. The molecule has 0 unspecified atom stereocenters. The second kappa shape index (κ2) is 6.66. The van der Waals surface area contributed by atoms with Gasteiger partial charge in [-0.25, -0.2) is 13.4 Å². The fraction of sp³-hybridized carbons (Fsp3) is 0.556. The Morgan fingerprint density at radius 3 is 2.81 bits per heavy atom. The Labute approximate surface area is 153 Å². The highest BCUT2D eigenvalue weighted by Crippen LogP contribution is 2.27. The maximum absolute atomic E-state index is 12.8. The van der Waals surface area contributed by atoms with E-state index in [4.69, 9.17) is 0 Å². The number of imidazole rings is 1. The average Bonchev–Trinajstić information content (AvgIpc) is 3.17. The van der Waals surface area contributed by atoms with E-state index in [1.54, 1.807) is 4.90 Å². The third-order valence-corrected chi connectivity index (χ3v) is 7.23. The van der Waals surface area contributed by atoms with Crippen LogP contribution in [0.1, 0.15) is 19.0 Å². The monoisotopic (exact) mass is 376 g/mol. The lowest BCUT2D eigenvalue weighted by Gasteiger charge is -2.43. The van der Waals surface area contributed by atoms with Crippen LogP contribution >= 0.6 is 0 Å². The van der Waals surface area contributed by atoms with Crippen molar-refractivity contribution in [3.8, 4) is 0 Å². The van der Waals surface area contributed by atoms with Gasteiger partial charge in [0.1, 0.15) is 5.65 Å². The summed E-state index contributed by atoms with van der Waals surface area (Å²) in [5, 5.41) is 0. The number of hydrogen-bond donors (Lipinski definition) is 0. The van der Waals surface area contributed by atoms with Crippen molar-refractivity contribution in [2.45, 2.75) is 31.8 Å². The van der Waals surface area contributed by atoms with Crippen molar-refractivity contribution in [1.82, 2.24) is 19.2 Å². The molecule has 2 saturated heterocycles. The van der Waals surface area contributed by atoms with Crippen molar-refractivity contribution < 1.29 is 13.2 Å². The van der Waals surface area contributed by atoms with Crippen LogP contribution in [0.25, 0.3) is 5.65 Å². The number of nitrogens with zero attached hydrogens (tertiary/aromatic N) is 4. The Morgan fingerprint density at radius 2 is 2.04 bits per heavy atom. The summed E-state index contributed by atoms with van der Waals surface area (Å²) in [6.45, 7) is 4.21. The molecular formula is C18H24N4O3S. The number of sulfone groups is 1. The van der Waals surface area contributed by atoms with Crippen LogP contribution in [0.5, 0.6) is 0 Å². The van der Waals surface area contributed by atoms with Gasteiger partial charge >= 0.3 is 0 Å². The lowest BCUT2D eigenvalue weighted by Crippen LogP contribution is -2.60. The molecule has 1 amide bonds. The molecular weight excluding hydrogens is 352 g/mol. The van der Waals surface area contributed by atoms with Crippen molar-refractivity contribution in [3.05, 3.63) is 36.3 Å². The quantitative estimate of drug-likeness (QED) is 0.781. The van der Waals surface area contributed by atoms with Crippen molar-refractivity contribution in [2.24, 2.45) is 0 Å². The largest absolute Gasteiger partial charge is 0.336 e. The first-order valence-electron chi connectivity index (χ1n) is 9.13. The smallest absolute Gasteiger partial charge is 0.223 e. The molecule has 4 heterocycles. The highest BCUT2D eigenvalue weighted by Gasteiger charge is 2.47. The number of aryl methyl sites for hydroxylation is 1. The van der Waals surface area contributed by atoms with Gasteiger partial charge in [0.15, 0.2) is 9.84 Å². The molecule has 140 valence electrons. The minimum Gasteiger partial charge on any atom is -0.336 e. The number of piperazine rings is 1. The molecule has 2 aliphatic heterocycles. The van der Waals surface area contributed by atoms with Crippen LogP contribution in [-0.4, -0.2) is 76.7 Å². The van der Waals surface area contributed by atoms with E-state index in [0.29, 0.717) is 19.4 Å². The molecule has 0 aromatic carbocycles. The molecule has 26 heavy (non-hydrogen) atoms. The maximum Gasteiger partial charge on any atom is 0.223 e. The summed E-state index contributed by atoms with van der Waals surface area (Å²) in [6, 6.07) is 5.55. The van der Waals surface area contributed by atoms with E-state index in [1.165, 1.54) is 0 Å². The third kappa shape index (κ3) is 3.23. The Kier molecular flexibility index (Phi) is 4.48. The molecule has 2 aromatic heterocycles. The first-order chi connectivity index (χ1) is 12.5. The van der Waals surface area contributed by atoms with E-state index in [-0.39, 0.29) is 29.5 Å². The van der Waals surface area contributed by atoms with Crippen molar-refractivity contribution in [1.29, 1.82) is 0 Å². The van der Waals surface area contributed by atoms with Gasteiger partial charge in [-0.2, -0.15) is 0 Å². The summed E-state index contributed by atoms with van der Waals surface area (Å²) in [6.07, 6.45) is 4.81. The van der Waals surface area contributed by atoms with Crippen molar-refractivity contribution in [2.75, 3.05) is 31.1 Å². The van der Waals surface area contributed by atoms with Gasteiger partial charge in [0.25, 0.3) is 0 Å². The van der Waals surface area contributed by atoms with E-state index in [1.807, 2.05) is 41.9 Å². The van der Waals surface area contributed by atoms with E-state index in [9.17, 15) is 13.2 Å². The minimum absolute atomic E-state index is 0.0323. The molecule has 2 aliphatic rings. The molecule has 2 fully saturated rings. The second-order valence-electron chi connectivity index (χ2n) is 7.13. The molecule has 2 atom stereocenters. The zero-order chi connectivity index (χ0) is 18.3. The van der Waals surface area contributed by atoms with Crippen molar-refractivity contribution in [3.63, 3.8) is 0 Å². The van der Waals surface area contributed by atoms with Crippen LogP contribution in [0.15, 0.2) is 30.6 Å². The normalized spacial score (nSPS) is 25.5. The topological polar surface area (TPSA) is 75.0 Å². The van der Waals surface area contributed by atoms with Gasteiger partial charge in [-0.05, 0) is 25.1 Å². The molecule has 0 aliphatic carbocycles. The number of carbonyl (C=O) groups is 1. The first kappa shape index (κ1) is 17.5. The van der Waals surface area contributed by atoms with Crippen molar-refractivity contribution >= 4 is 21.4 Å². The molecule has 2 aromatic rings. The van der Waals surface area contributed by atoms with E-state index >= 15 is 0 Å². The SMILES string of the molecule is CCN1CCN(C(=O)CCc2cn3ccccc3n2)[C@@H]2CS(=O)(=O)C[C@@H]21. The lowest BCUT2D eigenvalue weighted by atomic mass is 10.0. The molecule has 0 N–H and O–H groups in total. The van der Waals surface area contributed by atoms with Gasteiger partial charge in [0, 0.05) is 37.9 Å². The summed E-state index contributed by atoms with van der Waals surface area (Å²) in [5.74, 6) is 0.292. The first-order valence-corrected chi connectivity index (χ1v) is 11.0. The Balaban J connectivity index is 1.45. The second-order valence-corrected chi connectivity index (χ2v) is 9.28. The standard InChI is InChI=1S/C18H24N4O3S/c1-2-20-9-10-22(16-13-26(24,25)12-15(16)20)18(23)7-6-14-11-21-8-4-3-5-17(21)19-14/h3-5,8,11,15-16H,2,6-7,9-10,12-13H2,1H3/t15-,16+/m0/s1. The molecule has 0 saturated carbocycles. The van der Waals surface area contributed by atoms with Gasteiger partial charge in [-0.1, -0.05) is 13.0 Å². The molecule has 4 rings (SSSR count). The Morgan fingerprint density at radius 1 is 1.23 bits per heavy atom. The lowest BCUT2D eigenvalue weighted by molar-refractivity contribution is -0.136. The molecule has 8 heteroatoms. The fourth-order valence-corrected chi connectivity index (χ4v) is 6.23. The van der Waals surface area contributed by atoms with Gasteiger partial charge in [-0.15, -0.1) is 0 Å². The maximum atomic E-state index is 12.8. The summed E-state index contributed by atoms with van der Waals surface area (Å²) < 4.78 is 26.2. The number of pyridine rings is 1. The van der Waals surface area contributed by atoms with Gasteiger partial charge in [-0.3, -0.25) is 9.69 Å². The highest BCUT2D eigenvalue weighted by atomic mass is 32.2. The van der Waals surface area contributed by atoms with Crippen LogP contribution in [0.2, 0.25) is 0 Å². The molecule has 0 radical (unpaired) electrons. The summed E-state index contributed by atoms with van der Waals surface area (Å²) in [5.41, 5.74) is 1.75. The molecule has 0 bridgehead atoms. The predicted molar refractivity (Wildman–Crippen MR) is 98.7 cm³/mol. The minimum atomic E-state index is -3.07. The van der Waals surface area contributed by atoms with Crippen LogP contribution in [0, 0.1) is 0 Å². The number of carbonyl (C=O) groups excluding carboxylic acids is 1. The molecule has 7 nitrogen and oxygen atoms in total. The number of amides is 1. The van der Waals surface area contributed by atoms with E-state index in [2.05, 4.69) is 9.88 Å².